The largest absolute Gasteiger partial charge is 0.383 e. The Labute approximate surface area is 122 Å². The fourth-order valence-corrected chi connectivity index (χ4v) is 3.23. The van der Waals surface area contributed by atoms with Gasteiger partial charge >= 0.3 is 0 Å². The molecule has 3 heteroatoms. The molecule has 0 saturated carbocycles. The van der Waals surface area contributed by atoms with Crippen molar-refractivity contribution >= 4 is 29.5 Å². The first-order valence-electron chi connectivity index (χ1n) is 6.93. The van der Waals surface area contributed by atoms with E-state index < -0.39 is 0 Å². The van der Waals surface area contributed by atoms with Crippen molar-refractivity contribution in [2.24, 2.45) is 0 Å². The van der Waals surface area contributed by atoms with E-state index in [0.29, 0.717) is 0 Å². The van der Waals surface area contributed by atoms with Crippen LogP contribution >= 0.6 is 11.6 Å². The summed E-state index contributed by atoms with van der Waals surface area (Å²) in [6.07, 6.45) is 6.15. The van der Waals surface area contributed by atoms with E-state index >= 15 is 0 Å². The molecule has 100 valence electrons. The second-order valence-corrected chi connectivity index (χ2v) is 5.71. The van der Waals surface area contributed by atoms with Crippen LogP contribution in [0.1, 0.15) is 23.1 Å². The number of halogens is 1. The van der Waals surface area contributed by atoms with Crippen LogP contribution in [0.2, 0.25) is 0 Å². The molecule has 2 nitrogen and oxygen atoms in total. The molecule has 1 aliphatic heterocycles. The molecule has 0 unspecified atom stereocenters. The minimum atomic E-state index is 0.821. The Kier molecular flexibility index (Phi) is 2.71. The average Bonchev–Trinajstić information content (AvgIpc) is 2.86. The highest BCUT2D eigenvalue weighted by Gasteiger charge is 2.18. The fraction of sp³-hybridized carbons (Fsp3) is 0.176. The van der Waals surface area contributed by atoms with Crippen molar-refractivity contribution in [1.82, 2.24) is 10.3 Å². The standard InChI is InChI=1S/C17H15ClN2/c18-12-6-7-15-14(10-12)13-8-9-19-16(17(13)20-15)11-4-2-1-3-5-11/h1-5,7,10,19-20H,6,8-9H2. The second-order valence-electron chi connectivity index (χ2n) is 5.22. The Hall–Kier alpha value is -1.93. The van der Waals surface area contributed by atoms with Gasteiger partial charge in [0.1, 0.15) is 0 Å². The zero-order valence-corrected chi connectivity index (χ0v) is 11.8. The second kappa shape index (κ2) is 4.57. The van der Waals surface area contributed by atoms with Crippen molar-refractivity contribution < 1.29 is 0 Å². The minimum absolute atomic E-state index is 0.821. The maximum absolute atomic E-state index is 6.19. The fourth-order valence-electron chi connectivity index (χ4n) is 3.04. The van der Waals surface area contributed by atoms with Crippen molar-refractivity contribution in [3.8, 4) is 0 Å². The van der Waals surface area contributed by atoms with Crippen LogP contribution in [0.15, 0.2) is 35.4 Å². The molecule has 0 bridgehead atoms. The SMILES string of the molecule is ClC1=Cc2c3c([nH]c2=CC1)=C(c1ccccc1)NCC3. The van der Waals surface area contributed by atoms with Crippen LogP contribution in [0.5, 0.6) is 0 Å². The summed E-state index contributed by atoms with van der Waals surface area (Å²) in [5.41, 5.74) is 5.07. The molecule has 2 N–H and O–H groups in total. The van der Waals surface area contributed by atoms with Crippen LogP contribution in [0.25, 0.3) is 17.8 Å². The van der Waals surface area contributed by atoms with Gasteiger partial charge < -0.3 is 10.3 Å². The summed E-state index contributed by atoms with van der Waals surface area (Å²) in [7, 11) is 0. The van der Waals surface area contributed by atoms with Gasteiger partial charge in [-0.1, -0.05) is 48.0 Å². The van der Waals surface area contributed by atoms with Crippen LogP contribution < -0.4 is 16.0 Å². The first-order valence-corrected chi connectivity index (χ1v) is 7.31. The lowest BCUT2D eigenvalue weighted by atomic mass is 10.00. The summed E-state index contributed by atoms with van der Waals surface area (Å²) in [5, 5.41) is 6.86. The van der Waals surface area contributed by atoms with Gasteiger partial charge in [-0.05, 0) is 23.6 Å². The predicted molar refractivity (Wildman–Crippen MR) is 83.6 cm³/mol. The topological polar surface area (TPSA) is 27.8 Å². The lowest BCUT2D eigenvalue weighted by Crippen LogP contribution is -2.32. The van der Waals surface area contributed by atoms with Crippen molar-refractivity contribution in [2.45, 2.75) is 12.8 Å². The van der Waals surface area contributed by atoms with Crippen LogP contribution in [0.3, 0.4) is 0 Å². The molecule has 2 aliphatic rings. The third-order valence-electron chi connectivity index (χ3n) is 3.97. The van der Waals surface area contributed by atoms with E-state index in [1.807, 2.05) is 6.07 Å². The molecule has 20 heavy (non-hydrogen) atoms. The summed E-state index contributed by atoms with van der Waals surface area (Å²) in [5.74, 6) is 0. The van der Waals surface area contributed by atoms with E-state index in [9.17, 15) is 0 Å². The van der Waals surface area contributed by atoms with Gasteiger partial charge in [-0.3, -0.25) is 0 Å². The number of aromatic amines is 1. The van der Waals surface area contributed by atoms with Gasteiger partial charge in [0.25, 0.3) is 0 Å². The van der Waals surface area contributed by atoms with Crippen LogP contribution in [-0.2, 0) is 6.42 Å². The molecule has 4 rings (SSSR count). The van der Waals surface area contributed by atoms with Gasteiger partial charge in [0.05, 0.1) is 11.0 Å². The lowest BCUT2D eigenvalue weighted by molar-refractivity contribution is 0.808. The Morgan fingerprint density at radius 1 is 1.10 bits per heavy atom. The monoisotopic (exact) mass is 282 g/mol. The molecule has 2 heterocycles. The smallest absolute Gasteiger partial charge is 0.0666 e. The van der Waals surface area contributed by atoms with Crippen LogP contribution in [0.4, 0.5) is 0 Å². The number of benzene rings is 1. The summed E-state index contributed by atoms with van der Waals surface area (Å²) in [6.45, 7) is 0.965. The molecule has 0 fully saturated rings. The van der Waals surface area contributed by atoms with Gasteiger partial charge in [-0.2, -0.15) is 0 Å². The number of H-pyrrole nitrogens is 1. The summed E-state index contributed by atoms with van der Waals surface area (Å²) in [4.78, 5) is 3.56. The number of nitrogens with one attached hydrogen (secondary N) is 2. The molecule has 0 atom stereocenters. The number of fused-ring (bicyclic) bond motifs is 3. The molecular formula is C17H15ClN2. The summed E-state index contributed by atoms with van der Waals surface area (Å²) >= 11 is 6.19. The molecule has 1 aromatic heterocycles. The first kappa shape index (κ1) is 11.9. The molecule has 0 saturated heterocycles. The van der Waals surface area contributed by atoms with Gasteiger partial charge in [0, 0.05) is 28.9 Å². The first-order chi connectivity index (χ1) is 9.83. The van der Waals surface area contributed by atoms with Crippen molar-refractivity contribution in [3.05, 3.63) is 62.8 Å². The van der Waals surface area contributed by atoms with E-state index in [-0.39, 0.29) is 0 Å². The normalized spacial score (nSPS) is 16.6. The van der Waals surface area contributed by atoms with Crippen LogP contribution in [0, 0.1) is 0 Å². The van der Waals surface area contributed by atoms with Gasteiger partial charge in [0.2, 0.25) is 0 Å². The molecule has 1 aliphatic carbocycles. The van der Waals surface area contributed by atoms with Gasteiger partial charge in [0.15, 0.2) is 0 Å². The third kappa shape index (κ3) is 1.80. The highest BCUT2D eigenvalue weighted by molar-refractivity contribution is 6.32. The molecule has 0 spiro atoms. The van der Waals surface area contributed by atoms with Crippen LogP contribution in [-0.4, -0.2) is 11.5 Å². The average molecular weight is 283 g/mol. The van der Waals surface area contributed by atoms with E-state index in [2.05, 4.69) is 46.7 Å². The zero-order chi connectivity index (χ0) is 13.5. The number of allylic oxidation sites excluding steroid dienone is 1. The van der Waals surface area contributed by atoms with Crippen molar-refractivity contribution in [1.29, 1.82) is 0 Å². The highest BCUT2D eigenvalue weighted by Crippen LogP contribution is 2.20. The van der Waals surface area contributed by atoms with Crippen molar-refractivity contribution in [3.63, 3.8) is 0 Å². The Balaban J connectivity index is 2.04. The minimum Gasteiger partial charge on any atom is -0.383 e. The zero-order valence-electron chi connectivity index (χ0n) is 11.0. The molecular weight excluding hydrogens is 268 g/mol. The highest BCUT2D eigenvalue weighted by atomic mass is 35.5. The Bertz CT molecular complexity index is 813. The maximum atomic E-state index is 6.19. The van der Waals surface area contributed by atoms with E-state index in [4.69, 9.17) is 11.6 Å². The maximum Gasteiger partial charge on any atom is 0.0666 e. The lowest BCUT2D eigenvalue weighted by Gasteiger charge is -2.17. The Morgan fingerprint density at radius 2 is 1.95 bits per heavy atom. The number of aromatic nitrogens is 1. The molecule has 2 aromatic rings. The quantitative estimate of drug-likeness (QED) is 0.824. The Morgan fingerprint density at radius 3 is 2.80 bits per heavy atom. The third-order valence-corrected chi connectivity index (χ3v) is 4.23. The number of hydrogen-bond donors (Lipinski definition) is 2. The molecule has 0 radical (unpaired) electrons. The molecule has 1 aromatic carbocycles. The number of rotatable bonds is 1. The molecule has 0 amide bonds. The van der Waals surface area contributed by atoms with Gasteiger partial charge in [-0.15, -0.1) is 0 Å². The predicted octanol–water partition coefficient (Wildman–Crippen LogP) is 2.08. The van der Waals surface area contributed by atoms with E-state index in [0.717, 1.165) is 24.4 Å². The van der Waals surface area contributed by atoms with E-state index in [1.54, 1.807) is 0 Å². The number of hydrogen-bond acceptors (Lipinski definition) is 1. The van der Waals surface area contributed by atoms with Gasteiger partial charge in [-0.25, -0.2) is 0 Å². The summed E-state index contributed by atoms with van der Waals surface area (Å²) < 4.78 is 0. The summed E-state index contributed by atoms with van der Waals surface area (Å²) in [6, 6.07) is 10.5. The van der Waals surface area contributed by atoms with E-state index in [1.165, 1.54) is 33.1 Å². The van der Waals surface area contributed by atoms with Crippen molar-refractivity contribution in [2.75, 3.05) is 6.54 Å².